The molecule has 0 saturated carbocycles. The average Bonchev–Trinajstić information content (AvgIpc) is 3.04. The maximum Gasteiger partial charge on any atom is 0.222 e. The predicted molar refractivity (Wildman–Crippen MR) is 94.5 cm³/mol. The smallest absolute Gasteiger partial charge is 0.222 e. The van der Waals surface area contributed by atoms with Gasteiger partial charge in [0.1, 0.15) is 6.33 Å². The second kappa shape index (κ2) is 5.81. The van der Waals surface area contributed by atoms with E-state index in [-0.39, 0.29) is 12.1 Å². The van der Waals surface area contributed by atoms with Gasteiger partial charge in [-0.1, -0.05) is 57.9 Å². The maximum absolute atomic E-state index is 4.41. The molecule has 2 unspecified atom stereocenters. The van der Waals surface area contributed by atoms with Gasteiger partial charge in [-0.25, -0.2) is 4.68 Å². The summed E-state index contributed by atoms with van der Waals surface area (Å²) < 4.78 is 3.08. The van der Waals surface area contributed by atoms with Gasteiger partial charge in [0.25, 0.3) is 0 Å². The van der Waals surface area contributed by atoms with E-state index in [4.69, 9.17) is 0 Å². The van der Waals surface area contributed by atoms with Crippen LogP contribution in [0.5, 0.6) is 0 Å². The van der Waals surface area contributed by atoms with Gasteiger partial charge in [-0.3, -0.25) is 0 Å². The van der Waals surface area contributed by atoms with Crippen LogP contribution in [0.15, 0.2) is 59.3 Å². The number of benzene rings is 2. The SMILES string of the molecule is Cc1ccc(C2CC(c3ccc(Br)cc3)Nc3ncnn32)cc1. The number of anilines is 1. The third-order valence-electron chi connectivity index (χ3n) is 4.37. The first-order valence-electron chi connectivity index (χ1n) is 7.69. The van der Waals surface area contributed by atoms with Gasteiger partial charge >= 0.3 is 0 Å². The first kappa shape index (κ1) is 14.5. The molecule has 116 valence electrons. The summed E-state index contributed by atoms with van der Waals surface area (Å²) >= 11 is 3.50. The number of nitrogens with one attached hydrogen (secondary N) is 1. The Morgan fingerprint density at radius 2 is 1.74 bits per heavy atom. The fourth-order valence-corrected chi connectivity index (χ4v) is 3.36. The Kier molecular flexibility index (Phi) is 3.65. The van der Waals surface area contributed by atoms with E-state index in [0.29, 0.717) is 0 Å². The van der Waals surface area contributed by atoms with Crippen LogP contribution in [0.4, 0.5) is 5.95 Å². The summed E-state index contributed by atoms with van der Waals surface area (Å²) in [5.41, 5.74) is 3.80. The lowest BCUT2D eigenvalue weighted by Crippen LogP contribution is -2.28. The lowest BCUT2D eigenvalue weighted by molar-refractivity contribution is 0.431. The largest absolute Gasteiger partial charge is 0.348 e. The number of halogens is 1. The molecule has 3 aromatic rings. The molecule has 0 spiro atoms. The molecule has 0 radical (unpaired) electrons. The fraction of sp³-hybridized carbons (Fsp3) is 0.222. The summed E-state index contributed by atoms with van der Waals surface area (Å²) in [4.78, 5) is 4.37. The lowest BCUT2D eigenvalue weighted by atomic mass is 9.93. The number of rotatable bonds is 2. The molecule has 23 heavy (non-hydrogen) atoms. The van der Waals surface area contributed by atoms with Gasteiger partial charge in [-0.15, -0.1) is 0 Å². The molecule has 2 atom stereocenters. The Morgan fingerprint density at radius 1 is 1.04 bits per heavy atom. The zero-order chi connectivity index (χ0) is 15.8. The minimum atomic E-state index is 0.197. The molecule has 0 amide bonds. The van der Waals surface area contributed by atoms with Crippen molar-refractivity contribution >= 4 is 21.9 Å². The van der Waals surface area contributed by atoms with Gasteiger partial charge in [0.05, 0.1) is 12.1 Å². The maximum atomic E-state index is 4.41. The molecular formula is C18H17BrN4. The van der Waals surface area contributed by atoms with Crippen LogP contribution < -0.4 is 5.32 Å². The molecule has 4 rings (SSSR count). The average molecular weight is 369 g/mol. The van der Waals surface area contributed by atoms with Gasteiger partial charge in [0.15, 0.2) is 0 Å². The number of aromatic nitrogens is 3. The van der Waals surface area contributed by atoms with Crippen molar-refractivity contribution in [2.75, 3.05) is 5.32 Å². The highest BCUT2D eigenvalue weighted by Gasteiger charge is 2.29. The third-order valence-corrected chi connectivity index (χ3v) is 4.89. The number of fused-ring (bicyclic) bond motifs is 1. The fourth-order valence-electron chi connectivity index (χ4n) is 3.10. The van der Waals surface area contributed by atoms with Crippen LogP contribution in [0.25, 0.3) is 0 Å². The second-order valence-electron chi connectivity index (χ2n) is 5.94. The van der Waals surface area contributed by atoms with E-state index in [0.717, 1.165) is 16.8 Å². The van der Waals surface area contributed by atoms with Crippen molar-refractivity contribution in [2.24, 2.45) is 0 Å². The van der Waals surface area contributed by atoms with Crippen molar-refractivity contribution in [3.63, 3.8) is 0 Å². The topological polar surface area (TPSA) is 42.7 Å². The summed E-state index contributed by atoms with van der Waals surface area (Å²) in [6.45, 7) is 2.11. The molecular weight excluding hydrogens is 352 g/mol. The molecule has 1 N–H and O–H groups in total. The zero-order valence-corrected chi connectivity index (χ0v) is 14.4. The summed E-state index contributed by atoms with van der Waals surface area (Å²) in [6, 6.07) is 17.6. The zero-order valence-electron chi connectivity index (χ0n) is 12.8. The minimum absolute atomic E-state index is 0.197. The molecule has 5 heteroatoms. The Hall–Kier alpha value is -2.14. The van der Waals surface area contributed by atoms with Gasteiger partial charge in [0, 0.05) is 4.47 Å². The highest BCUT2D eigenvalue weighted by molar-refractivity contribution is 9.10. The Labute approximate surface area is 143 Å². The molecule has 0 bridgehead atoms. The summed E-state index contributed by atoms with van der Waals surface area (Å²) in [7, 11) is 0. The van der Waals surface area contributed by atoms with Crippen molar-refractivity contribution < 1.29 is 0 Å². The van der Waals surface area contributed by atoms with Crippen LogP contribution >= 0.6 is 15.9 Å². The Bertz CT molecular complexity index is 808. The Balaban J connectivity index is 1.71. The van der Waals surface area contributed by atoms with E-state index in [1.807, 2.05) is 4.68 Å². The van der Waals surface area contributed by atoms with Gasteiger partial charge in [-0.05, 0) is 36.6 Å². The predicted octanol–water partition coefficient (Wildman–Crippen LogP) is 4.50. The van der Waals surface area contributed by atoms with Crippen LogP contribution in [-0.2, 0) is 0 Å². The first-order chi connectivity index (χ1) is 11.2. The van der Waals surface area contributed by atoms with E-state index in [1.54, 1.807) is 6.33 Å². The van der Waals surface area contributed by atoms with Crippen molar-refractivity contribution in [2.45, 2.75) is 25.4 Å². The molecule has 1 aromatic heterocycles. The van der Waals surface area contributed by atoms with E-state index in [2.05, 4.69) is 86.8 Å². The number of nitrogens with zero attached hydrogens (tertiary/aromatic N) is 3. The summed E-state index contributed by atoms with van der Waals surface area (Å²) in [5, 5.41) is 7.91. The van der Waals surface area contributed by atoms with Crippen LogP contribution in [0.2, 0.25) is 0 Å². The molecule has 4 nitrogen and oxygen atoms in total. The standard InChI is InChI=1S/C18H17BrN4/c1-12-2-4-14(5-3-12)17-10-16(13-6-8-15(19)9-7-13)22-18-20-11-21-23(17)18/h2-9,11,16-17H,10H2,1H3,(H,20,21,22). The van der Waals surface area contributed by atoms with Gasteiger partial charge < -0.3 is 5.32 Å². The van der Waals surface area contributed by atoms with Crippen molar-refractivity contribution in [3.8, 4) is 0 Å². The van der Waals surface area contributed by atoms with Crippen LogP contribution in [0.3, 0.4) is 0 Å². The van der Waals surface area contributed by atoms with Gasteiger partial charge in [-0.2, -0.15) is 10.1 Å². The normalized spacial score (nSPS) is 19.9. The molecule has 1 aliphatic rings. The third kappa shape index (κ3) is 2.77. The number of hydrogen-bond acceptors (Lipinski definition) is 3. The van der Waals surface area contributed by atoms with Crippen molar-refractivity contribution in [1.29, 1.82) is 0 Å². The lowest BCUT2D eigenvalue weighted by Gasteiger charge is -2.32. The molecule has 0 saturated heterocycles. The number of aryl methyl sites for hydroxylation is 1. The van der Waals surface area contributed by atoms with E-state index in [9.17, 15) is 0 Å². The van der Waals surface area contributed by atoms with E-state index >= 15 is 0 Å². The van der Waals surface area contributed by atoms with Crippen LogP contribution in [0.1, 0.15) is 35.2 Å². The second-order valence-corrected chi connectivity index (χ2v) is 6.85. The molecule has 2 heterocycles. The Morgan fingerprint density at radius 3 is 2.48 bits per heavy atom. The van der Waals surface area contributed by atoms with Crippen LogP contribution in [-0.4, -0.2) is 14.8 Å². The molecule has 0 fully saturated rings. The molecule has 2 aromatic carbocycles. The monoisotopic (exact) mass is 368 g/mol. The highest BCUT2D eigenvalue weighted by Crippen LogP contribution is 2.37. The van der Waals surface area contributed by atoms with E-state index in [1.165, 1.54) is 16.7 Å². The molecule has 0 aliphatic carbocycles. The first-order valence-corrected chi connectivity index (χ1v) is 8.48. The summed E-state index contributed by atoms with van der Waals surface area (Å²) in [6.07, 6.45) is 2.56. The highest BCUT2D eigenvalue weighted by atomic mass is 79.9. The van der Waals surface area contributed by atoms with Crippen molar-refractivity contribution in [3.05, 3.63) is 76.0 Å². The molecule has 1 aliphatic heterocycles. The minimum Gasteiger partial charge on any atom is -0.348 e. The summed E-state index contributed by atoms with van der Waals surface area (Å²) in [5.74, 6) is 0.828. The number of hydrogen-bond donors (Lipinski definition) is 1. The van der Waals surface area contributed by atoms with Crippen LogP contribution in [0, 0.1) is 6.92 Å². The quantitative estimate of drug-likeness (QED) is 0.724. The van der Waals surface area contributed by atoms with Gasteiger partial charge in [0.2, 0.25) is 5.95 Å². The van der Waals surface area contributed by atoms with E-state index < -0.39 is 0 Å². The van der Waals surface area contributed by atoms with Crippen molar-refractivity contribution in [1.82, 2.24) is 14.8 Å².